The van der Waals surface area contributed by atoms with E-state index in [-0.39, 0.29) is 51.5 Å². The average Bonchev–Trinajstić information content (AvgIpc) is 3.62. The van der Waals surface area contributed by atoms with Gasteiger partial charge in [-0.1, -0.05) is 221 Å². The second kappa shape index (κ2) is 58.4. The van der Waals surface area contributed by atoms with Crippen molar-refractivity contribution in [3.63, 3.8) is 0 Å². The van der Waals surface area contributed by atoms with Crippen LogP contribution in [-0.4, -0.2) is 135 Å². The highest BCUT2D eigenvalue weighted by molar-refractivity contribution is 5.86. The fourth-order valence-corrected chi connectivity index (χ4v) is 10.1. The van der Waals surface area contributed by atoms with Crippen molar-refractivity contribution in [1.82, 2.24) is 9.80 Å². The van der Waals surface area contributed by atoms with E-state index >= 15 is 0 Å². The predicted molar refractivity (Wildman–Crippen MR) is 340 cm³/mol. The van der Waals surface area contributed by atoms with E-state index in [4.69, 9.17) is 33.2 Å². The first-order chi connectivity index (χ1) is 41.6. The molecule has 0 radical (unpaired) electrons. The molecular weight excluding hydrogens is 1100 g/mol. The van der Waals surface area contributed by atoms with Gasteiger partial charge in [0.1, 0.15) is 19.3 Å². The Morgan fingerprint density at radius 3 is 1.09 bits per heavy atom. The van der Waals surface area contributed by atoms with Crippen molar-refractivity contribution in [2.75, 3.05) is 53.6 Å². The third-order valence-corrected chi connectivity index (χ3v) is 15.5. The van der Waals surface area contributed by atoms with Crippen LogP contribution in [0.2, 0.25) is 0 Å². The molecule has 3 atom stereocenters. The second-order valence-corrected chi connectivity index (χ2v) is 24.1. The maximum absolute atomic E-state index is 14.6. The summed E-state index contributed by atoms with van der Waals surface area (Å²) < 4.78 is 40.2. The van der Waals surface area contributed by atoms with E-state index in [1.54, 1.807) is 0 Å². The lowest BCUT2D eigenvalue weighted by atomic mass is 10.1. The molecule has 0 aromatic rings. The summed E-state index contributed by atoms with van der Waals surface area (Å²) in [6.45, 7) is 12.8. The summed E-state index contributed by atoms with van der Waals surface area (Å²) in [5, 5.41) is 0. The minimum Gasteiger partial charge on any atom is -0.466 e. The van der Waals surface area contributed by atoms with Gasteiger partial charge in [0.2, 0.25) is 18.1 Å². The van der Waals surface area contributed by atoms with Crippen LogP contribution in [0.4, 0.5) is 0 Å². The average molecular weight is 1220 g/mol. The minimum absolute atomic E-state index is 0.0218. The number of ether oxygens (including phenoxy) is 7. The number of esters is 7. The lowest BCUT2D eigenvalue weighted by Gasteiger charge is -2.32. The molecule has 0 aliphatic heterocycles. The van der Waals surface area contributed by atoms with Gasteiger partial charge in [0.25, 0.3) is 0 Å². The Bertz CT molecular complexity index is 1640. The van der Waals surface area contributed by atoms with Gasteiger partial charge in [0, 0.05) is 25.8 Å². The molecule has 0 saturated heterocycles. The van der Waals surface area contributed by atoms with Gasteiger partial charge in [0.15, 0.2) is 0 Å². The molecule has 0 aliphatic carbocycles. The first-order valence-corrected chi connectivity index (χ1v) is 34.8. The number of nitrogens with zero attached hydrogens (tertiary/aromatic N) is 2. The van der Waals surface area contributed by atoms with Crippen molar-refractivity contribution in [2.24, 2.45) is 0 Å². The van der Waals surface area contributed by atoms with Crippen molar-refractivity contribution in [2.45, 2.75) is 342 Å². The first-order valence-electron chi connectivity index (χ1n) is 34.8. The standard InChI is InChI=1S/C69H126N2O15/c1-9-15-20-25-27-29-35-42-52-80-66(76)54-60(85-63(73)46-38-31-22-17-11-3)68(78)82-56-58(71(51-41-34-33-40-50-70(7)8)62(72)48-49-65(75)84-59(44-14-6)45-37-24-19-13-5)57-83-69(79)61(86-64(74)47-39-32-23-18-12-4)55-67(77)81-53-43-36-30-28-26-21-16-10-2/h58-61H,9-57H2,1-8H3. The molecule has 17 nitrogen and oxygen atoms in total. The summed E-state index contributed by atoms with van der Waals surface area (Å²) in [5.41, 5.74) is 0. The van der Waals surface area contributed by atoms with E-state index in [1.165, 1.54) is 43.4 Å². The molecule has 3 unspecified atom stereocenters. The van der Waals surface area contributed by atoms with Crippen LogP contribution in [0.15, 0.2) is 0 Å². The van der Waals surface area contributed by atoms with Gasteiger partial charge < -0.3 is 43.0 Å². The molecule has 0 spiro atoms. The molecule has 0 bridgehead atoms. The van der Waals surface area contributed by atoms with Crippen LogP contribution in [0.3, 0.4) is 0 Å². The van der Waals surface area contributed by atoms with Gasteiger partial charge in [-0.15, -0.1) is 0 Å². The first kappa shape index (κ1) is 81.7. The van der Waals surface area contributed by atoms with Crippen molar-refractivity contribution >= 4 is 47.7 Å². The number of hydrogen-bond acceptors (Lipinski definition) is 16. The maximum Gasteiger partial charge on any atom is 0.348 e. The van der Waals surface area contributed by atoms with Gasteiger partial charge >= 0.3 is 41.8 Å². The van der Waals surface area contributed by atoms with E-state index < -0.39 is 92.0 Å². The lowest BCUT2D eigenvalue weighted by molar-refractivity contribution is -0.176. The molecule has 0 heterocycles. The molecule has 0 aromatic carbocycles. The fourth-order valence-electron chi connectivity index (χ4n) is 10.1. The highest BCUT2D eigenvalue weighted by Crippen LogP contribution is 2.20. The Kier molecular flexibility index (Phi) is 55.5. The zero-order valence-electron chi connectivity index (χ0n) is 56.0. The van der Waals surface area contributed by atoms with Crippen LogP contribution >= 0.6 is 0 Å². The van der Waals surface area contributed by atoms with Crippen molar-refractivity contribution in [3.8, 4) is 0 Å². The molecule has 0 aliphatic rings. The molecule has 0 fully saturated rings. The lowest BCUT2D eigenvalue weighted by Crippen LogP contribution is -2.48. The van der Waals surface area contributed by atoms with E-state index in [0.29, 0.717) is 38.5 Å². The highest BCUT2D eigenvalue weighted by atomic mass is 16.6. The Morgan fingerprint density at radius 2 is 0.686 bits per heavy atom. The third-order valence-electron chi connectivity index (χ3n) is 15.5. The van der Waals surface area contributed by atoms with Gasteiger partial charge in [-0.3, -0.25) is 28.8 Å². The number of amides is 1. The molecule has 0 saturated carbocycles. The van der Waals surface area contributed by atoms with Crippen LogP contribution in [0.5, 0.6) is 0 Å². The van der Waals surface area contributed by atoms with Crippen LogP contribution < -0.4 is 0 Å². The van der Waals surface area contributed by atoms with Crippen LogP contribution in [0, 0.1) is 0 Å². The molecule has 502 valence electrons. The van der Waals surface area contributed by atoms with E-state index in [2.05, 4.69) is 39.5 Å². The second-order valence-electron chi connectivity index (χ2n) is 24.1. The van der Waals surface area contributed by atoms with E-state index in [1.807, 2.05) is 21.0 Å². The normalized spacial score (nSPS) is 12.7. The Hall–Kier alpha value is -4.28. The number of rotatable bonds is 61. The van der Waals surface area contributed by atoms with Gasteiger partial charge in [-0.05, 0) is 78.4 Å². The summed E-state index contributed by atoms with van der Waals surface area (Å²) in [6, 6.07) is -1.19. The SMILES string of the molecule is CCCCCCCCCCOC(=O)CC(OC(=O)CCCCCCC)C(=O)OCC(COC(=O)C(CC(=O)OCCCCCCCCCC)OC(=O)CCCCCCC)N(CCCCCCN(C)C)C(=O)CCC(=O)OC(CCC)CCCCCC. The Labute approximate surface area is 522 Å². The topological polar surface area (TPSA) is 208 Å². The molecule has 86 heavy (non-hydrogen) atoms. The summed E-state index contributed by atoms with van der Waals surface area (Å²) in [6.07, 6.45) is 29.4. The summed E-state index contributed by atoms with van der Waals surface area (Å²) >= 11 is 0. The third kappa shape index (κ3) is 48.7. The maximum atomic E-state index is 14.6. The van der Waals surface area contributed by atoms with Gasteiger partial charge in [0.05, 0.1) is 38.5 Å². The van der Waals surface area contributed by atoms with Gasteiger partial charge in [-0.2, -0.15) is 0 Å². The molecule has 0 aromatic heterocycles. The van der Waals surface area contributed by atoms with Crippen LogP contribution in [-0.2, 0) is 71.5 Å². The summed E-state index contributed by atoms with van der Waals surface area (Å²) in [5.74, 6) is -5.97. The molecule has 0 rings (SSSR count). The zero-order chi connectivity index (χ0) is 63.7. The van der Waals surface area contributed by atoms with Crippen molar-refractivity contribution in [1.29, 1.82) is 0 Å². The zero-order valence-corrected chi connectivity index (χ0v) is 56.0. The minimum atomic E-state index is -1.68. The molecule has 17 heteroatoms. The van der Waals surface area contributed by atoms with Crippen LogP contribution in [0.25, 0.3) is 0 Å². The quantitative estimate of drug-likeness (QED) is 0.0315. The number of hydrogen-bond donors (Lipinski definition) is 0. The molecular formula is C69H126N2O15. The predicted octanol–water partition coefficient (Wildman–Crippen LogP) is 15.5. The van der Waals surface area contributed by atoms with E-state index in [0.717, 1.165) is 167 Å². The summed E-state index contributed by atoms with van der Waals surface area (Å²) in [4.78, 5) is 113. The molecule has 1 amide bonds. The summed E-state index contributed by atoms with van der Waals surface area (Å²) in [7, 11) is 4.00. The number of carbonyl (C=O) groups is 8. The largest absolute Gasteiger partial charge is 0.466 e. The highest BCUT2D eigenvalue weighted by Gasteiger charge is 2.34. The Morgan fingerprint density at radius 1 is 0.326 bits per heavy atom. The Balaban J connectivity index is 7.04. The van der Waals surface area contributed by atoms with Gasteiger partial charge in [-0.25, -0.2) is 9.59 Å². The molecule has 0 N–H and O–H groups in total. The van der Waals surface area contributed by atoms with Crippen molar-refractivity contribution < 1.29 is 71.5 Å². The smallest absolute Gasteiger partial charge is 0.348 e. The van der Waals surface area contributed by atoms with E-state index in [9.17, 15) is 38.4 Å². The van der Waals surface area contributed by atoms with Crippen LogP contribution in [0.1, 0.15) is 318 Å². The van der Waals surface area contributed by atoms with Crippen molar-refractivity contribution in [3.05, 3.63) is 0 Å². The number of unbranched alkanes of at least 4 members (excludes halogenated alkanes) is 28. The number of carbonyl (C=O) groups excluding carboxylic acids is 8. The monoisotopic (exact) mass is 1220 g/mol. The fraction of sp³-hybridized carbons (Fsp3) is 0.884.